The number of rotatable bonds is 2. The van der Waals surface area contributed by atoms with E-state index < -0.39 is 0 Å². The van der Waals surface area contributed by atoms with Gasteiger partial charge in [0.15, 0.2) is 0 Å². The third-order valence-electron chi connectivity index (χ3n) is 1.91. The molecule has 15 heavy (non-hydrogen) atoms. The summed E-state index contributed by atoms with van der Waals surface area (Å²) in [6.07, 6.45) is 4.07. The Morgan fingerprint density at radius 3 is 1.53 bits per heavy atom. The minimum absolute atomic E-state index is 0. The summed E-state index contributed by atoms with van der Waals surface area (Å²) in [5.41, 5.74) is 2.18. The Morgan fingerprint density at radius 1 is 0.733 bits per heavy atom. The number of benzene rings is 2. The Morgan fingerprint density at radius 2 is 1.20 bits per heavy atom. The van der Waals surface area contributed by atoms with Crippen molar-refractivity contribution >= 4 is 12.2 Å². The van der Waals surface area contributed by atoms with Crippen LogP contribution in [0.4, 0.5) is 0 Å². The smallest absolute Gasteiger partial charge is 0.177 e. The first-order valence-corrected chi connectivity index (χ1v) is 4.57. The Bertz CT molecular complexity index is 362. The zero-order valence-electron chi connectivity index (χ0n) is 8.27. The molecule has 0 aliphatic rings. The van der Waals surface area contributed by atoms with Gasteiger partial charge in [0.25, 0.3) is 0 Å². The van der Waals surface area contributed by atoms with Crippen molar-refractivity contribution in [3.8, 4) is 0 Å². The van der Waals surface area contributed by atoms with Gasteiger partial charge in [-0.15, -0.1) is 60.7 Å². The van der Waals surface area contributed by atoms with E-state index in [0.717, 1.165) is 11.1 Å². The first-order chi connectivity index (χ1) is 6.95. The van der Waals surface area contributed by atoms with E-state index in [1.807, 2.05) is 60.7 Å². The summed E-state index contributed by atoms with van der Waals surface area (Å²) in [6, 6.07) is 22.1. The van der Waals surface area contributed by atoms with Crippen LogP contribution < -0.4 is 0 Å². The van der Waals surface area contributed by atoms with Crippen LogP contribution in [0.1, 0.15) is 11.1 Å². The maximum atomic E-state index is 3.14. The van der Waals surface area contributed by atoms with Gasteiger partial charge in [0.1, 0.15) is 0 Å². The minimum Gasteiger partial charge on any atom is -0.177 e. The van der Waals surface area contributed by atoms with Gasteiger partial charge < -0.3 is 0 Å². The largest absolute Gasteiger partial charge is 2.00 e. The molecule has 0 spiro atoms. The van der Waals surface area contributed by atoms with Crippen LogP contribution in [0.3, 0.4) is 0 Å². The van der Waals surface area contributed by atoms with Crippen LogP contribution in [-0.2, 0) is 0 Å². The van der Waals surface area contributed by atoms with Crippen LogP contribution in [0, 0.1) is 43.2 Å². The van der Waals surface area contributed by atoms with Gasteiger partial charge >= 0.3 is 31.1 Å². The molecule has 70 valence electrons. The van der Waals surface area contributed by atoms with E-state index in [2.05, 4.69) is 12.1 Å². The molecule has 0 unspecified atom stereocenters. The monoisotopic (exact) mass is 416 g/mol. The van der Waals surface area contributed by atoms with E-state index in [1.165, 1.54) is 0 Å². The molecular formula is C14H10U. The molecule has 0 saturated heterocycles. The van der Waals surface area contributed by atoms with Crippen LogP contribution in [0.5, 0.6) is 0 Å². The number of hydrogen-bond donors (Lipinski definition) is 0. The molecule has 1 heteroatoms. The van der Waals surface area contributed by atoms with Crippen molar-refractivity contribution in [2.24, 2.45) is 0 Å². The standard InChI is InChI=1S/C14H10.U/c1-3-7-13(8-4-1)11-12-14-9-5-2-6-10-14;/h1-7,9,11-12H;/q-2;+2. The van der Waals surface area contributed by atoms with Gasteiger partial charge in [-0.25, -0.2) is 0 Å². The van der Waals surface area contributed by atoms with Crippen LogP contribution in [0.15, 0.2) is 48.5 Å². The Balaban J connectivity index is 0.00000112. The molecule has 0 radical (unpaired) electrons. The van der Waals surface area contributed by atoms with Crippen molar-refractivity contribution in [2.45, 2.75) is 0 Å². The maximum absolute atomic E-state index is 3.14. The molecule has 0 aromatic heterocycles. The van der Waals surface area contributed by atoms with Crippen LogP contribution >= 0.6 is 0 Å². The maximum Gasteiger partial charge on any atom is 2.00 e. The first kappa shape index (κ1) is 12.3. The van der Waals surface area contributed by atoms with Crippen LogP contribution in [-0.4, -0.2) is 0 Å². The van der Waals surface area contributed by atoms with E-state index in [-0.39, 0.29) is 31.1 Å². The van der Waals surface area contributed by atoms with Crippen LogP contribution in [0.25, 0.3) is 12.2 Å². The Hall–Kier alpha value is -0.768. The predicted molar refractivity (Wildman–Crippen MR) is 59.5 cm³/mol. The summed E-state index contributed by atoms with van der Waals surface area (Å²) < 4.78 is 0. The van der Waals surface area contributed by atoms with Gasteiger partial charge in [-0.3, -0.25) is 0 Å². The first-order valence-electron chi connectivity index (χ1n) is 4.57. The molecule has 0 amide bonds. The normalized spacial score (nSPS) is 9.87. The average molecular weight is 416 g/mol. The third kappa shape index (κ3) is 4.08. The summed E-state index contributed by atoms with van der Waals surface area (Å²) >= 11 is 0. The van der Waals surface area contributed by atoms with Gasteiger partial charge in [-0.1, -0.05) is 0 Å². The van der Waals surface area contributed by atoms with Crippen molar-refractivity contribution in [1.29, 1.82) is 0 Å². The molecule has 0 aliphatic carbocycles. The molecule has 0 aliphatic heterocycles. The predicted octanol–water partition coefficient (Wildman–Crippen LogP) is 3.46. The Kier molecular flexibility index (Phi) is 5.47. The van der Waals surface area contributed by atoms with Crippen molar-refractivity contribution < 1.29 is 31.1 Å². The molecule has 0 saturated carbocycles. The molecule has 0 fully saturated rings. The molecule has 2 aromatic rings. The average Bonchev–Trinajstić information content (AvgIpc) is 2.29. The second kappa shape index (κ2) is 6.67. The molecule has 0 bridgehead atoms. The number of hydrogen-bond acceptors (Lipinski definition) is 0. The minimum atomic E-state index is 0. The summed E-state index contributed by atoms with van der Waals surface area (Å²) in [5.74, 6) is 0. The van der Waals surface area contributed by atoms with Gasteiger partial charge in [-0.2, -0.15) is 23.3 Å². The van der Waals surface area contributed by atoms with E-state index in [1.54, 1.807) is 0 Å². The topological polar surface area (TPSA) is 0 Å². The van der Waals surface area contributed by atoms with Crippen molar-refractivity contribution in [2.75, 3.05) is 0 Å². The third-order valence-corrected chi connectivity index (χ3v) is 1.91. The van der Waals surface area contributed by atoms with E-state index in [0.29, 0.717) is 0 Å². The molecule has 0 nitrogen and oxygen atoms in total. The fourth-order valence-corrected chi connectivity index (χ4v) is 1.20. The molecule has 0 heterocycles. The zero-order valence-corrected chi connectivity index (χ0v) is 12.4. The van der Waals surface area contributed by atoms with Crippen molar-refractivity contribution in [3.05, 3.63) is 71.8 Å². The fourth-order valence-electron chi connectivity index (χ4n) is 1.20. The Labute approximate surface area is 114 Å². The SMILES string of the molecule is [U+2].[c-]1ccccc1C=Cc1[c-]cccc1. The molecule has 0 N–H and O–H groups in total. The van der Waals surface area contributed by atoms with Crippen molar-refractivity contribution in [3.63, 3.8) is 0 Å². The van der Waals surface area contributed by atoms with Gasteiger partial charge in [-0.05, 0) is 0 Å². The van der Waals surface area contributed by atoms with E-state index >= 15 is 0 Å². The van der Waals surface area contributed by atoms with E-state index in [4.69, 9.17) is 0 Å². The van der Waals surface area contributed by atoms with Gasteiger partial charge in [0.05, 0.1) is 0 Å². The van der Waals surface area contributed by atoms with Crippen LogP contribution in [0.2, 0.25) is 0 Å². The summed E-state index contributed by atoms with van der Waals surface area (Å²) in [7, 11) is 0. The molecule has 2 rings (SSSR count). The quantitative estimate of drug-likeness (QED) is 0.520. The summed E-state index contributed by atoms with van der Waals surface area (Å²) in [4.78, 5) is 0. The molecule has 0 atom stereocenters. The van der Waals surface area contributed by atoms with Gasteiger partial charge in [0.2, 0.25) is 0 Å². The van der Waals surface area contributed by atoms with Crippen molar-refractivity contribution in [1.82, 2.24) is 0 Å². The molecular weight excluding hydrogens is 406 g/mol. The second-order valence-corrected chi connectivity index (χ2v) is 2.97. The summed E-state index contributed by atoms with van der Waals surface area (Å²) in [6.45, 7) is 0. The van der Waals surface area contributed by atoms with E-state index in [9.17, 15) is 0 Å². The molecule has 2 aromatic carbocycles. The fraction of sp³-hybridized carbons (Fsp3) is 0. The summed E-state index contributed by atoms with van der Waals surface area (Å²) in [5, 5.41) is 0. The second-order valence-electron chi connectivity index (χ2n) is 2.97. The van der Waals surface area contributed by atoms with Gasteiger partial charge in [0, 0.05) is 0 Å². The zero-order chi connectivity index (χ0) is 9.64.